The van der Waals surface area contributed by atoms with Gasteiger partial charge in [0, 0.05) is 0 Å². The zero-order chi connectivity index (χ0) is 6.50. The van der Waals surface area contributed by atoms with Gasteiger partial charge >= 0.3 is 10.3 Å². The van der Waals surface area contributed by atoms with Crippen LogP contribution in [0.15, 0.2) is 13.2 Å². The Labute approximate surface area is 54.8 Å². The Kier molecular flexibility index (Phi) is 27.5. The molecule has 7 heteroatoms. The molecule has 0 aromatic heterocycles. The van der Waals surface area contributed by atoms with Gasteiger partial charge in [0.1, 0.15) is 0 Å². The van der Waals surface area contributed by atoms with Crippen LogP contribution in [0.1, 0.15) is 0 Å². The molecular weight excluding hydrogens is 146 g/mol. The molecular formula is C2H13N3O3S. The Balaban J connectivity index is -0.0000000286. The molecule has 0 atom stereocenters. The summed E-state index contributed by atoms with van der Waals surface area (Å²) in [7, 11) is -4.17. The van der Waals surface area contributed by atoms with Crippen LogP contribution in [0, 0.1) is 0 Å². The van der Waals surface area contributed by atoms with Crippen molar-refractivity contribution in [2.45, 2.75) is 0 Å². The second kappa shape index (κ2) is 10.5. The maximum Gasteiger partial charge on any atom is 0.330 e. The minimum atomic E-state index is -4.17. The molecule has 0 spiro atoms. The summed E-state index contributed by atoms with van der Waals surface area (Å²) < 4.78 is 25.2. The van der Waals surface area contributed by atoms with Crippen LogP contribution >= 0.6 is 0 Å². The fourth-order valence-corrected chi connectivity index (χ4v) is 0. The lowest BCUT2D eigenvalue weighted by Crippen LogP contribution is -2.08. The van der Waals surface area contributed by atoms with E-state index in [1.165, 1.54) is 0 Å². The van der Waals surface area contributed by atoms with Gasteiger partial charge in [-0.3, -0.25) is 4.55 Å². The fourth-order valence-electron chi connectivity index (χ4n) is 0. The van der Waals surface area contributed by atoms with Crippen molar-refractivity contribution in [3.63, 3.8) is 0 Å². The minimum absolute atomic E-state index is 0. The van der Waals surface area contributed by atoms with Crippen LogP contribution in [0.3, 0.4) is 0 Å². The second-order valence-corrected chi connectivity index (χ2v) is 1.54. The highest BCUT2D eigenvalue weighted by molar-refractivity contribution is 7.83. The summed E-state index contributed by atoms with van der Waals surface area (Å²) in [5.41, 5.74) is 0. The molecule has 0 aliphatic heterocycles. The van der Waals surface area contributed by atoms with Gasteiger partial charge in [-0.25, -0.2) is 5.14 Å². The van der Waals surface area contributed by atoms with Crippen LogP contribution in [0.2, 0.25) is 0 Å². The standard InChI is InChI=1S/C2H4.H3NO3S.2H3N/c1-2;1-5(2,3)4;;/h1-2H2;(H3,1,2,3,4);2*1H3. The maximum atomic E-state index is 8.97. The molecule has 0 aliphatic rings. The number of hydrogen-bond donors (Lipinski definition) is 4. The molecule has 0 saturated carbocycles. The quantitative estimate of drug-likeness (QED) is 0.287. The normalized spacial score (nSPS) is 6.89. The molecule has 9 N–H and O–H groups in total. The third-order valence-corrected chi connectivity index (χ3v) is 0. The van der Waals surface area contributed by atoms with Gasteiger partial charge in [0.15, 0.2) is 0 Å². The summed E-state index contributed by atoms with van der Waals surface area (Å²) in [5.74, 6) is 0. The first kappa shape index (κ1) is 23.6. The second-order valence-electron chi connectivity index (χ2n) is 0.515. The number of rotatable bonds is 0. The molecule has 0 aromatic carbocycles. The number of nitrogens with two attached hydrogens (primary N) is 1. The van der Waals surface area contributed by atoms with E-state index in [9.17, 15) is 0 Å². The largest absolute Gasteiger partial charge is 0.344 e. The van der Waals surface area contributed by atoms with Crippen molar-refractivity contribution >= 4 is 10.3 Å². The van der Waals surface area contributed by atoms with Crippen LogP contribution in [0.5, 0.6) is 0 Å². The average Bonchev–Trinajstić information content (AvgIpc) is 1.36. The van der Waals surface area contributed by atoms with Crippen molar-refractivity contribution < 1.29 is 13.0 Å². The zero-order valence-electron chi connectivity index (χ0n) is 5.08. The van der Waals surface area contributed by atoms with Crippen molar-refractivity contribution in [3.05, 3.63) is 13.2 Å². The molecule has 60 valence electrons. The van der Waals surface area contributed by atoms with E-state index in [-0.39, 0.29) is 12.3 Å². The van der Waals surface area contributed by atoms with Crippen molar-refractivity contribution in [2.24, 2.45) is 5.14 Å². The van der Waals surface area contributed by atoms with Crippen molar-refractivity contribution in [1.82, 2.24) is 12.3 Å². The predicted octanol–water partition coefficient (Wildman–Crippen LogP) is -0.126. The van der Waals surface area contributed by atoms with Gasteiger partial charge in [-0.15, -0.1) is 13.2 Å². The summed E-state index contributed by atoms with van der Waals surface area (Å²) in [4.78, 5) is 0. The van der Waals surface area contributed by atoms with Crippen LogP contribution in [0.4, 0.5) is 0 Å². The summed E-state index contributed by atoms with van der Waals surface area (Å²) >= 11 is 0. The molecule has 0 aromatic rings. The third-order valence-electron chi connectivity index (χ3n) is 0. The molecule has 0 saturated heterocycles. The molecule has 0 aliphatic carbocycles. The smallest absolute Gasteiger partial charge is 0.330 e. The van der Waals surface area contributed by atoms with Crippen LogP contribution in [-0.2, 0) is 10.3 Å². The molecule has 0 radical (unpaired) electrons. The molecule has 6 nitrogen and oxygen atoms in total. The third kappa shape index (κ3) is 1040. The Hall–Kier alpha value is -0.470. The monoisotopic (exact) mass is 159 g/mol. The molecule has 9 heavy (non-hydrogen) atoms. The van der Waals surface area contributed by atoms with E-state index in [1.807, 2.05) is 0 Å². The van der Waals surface area contributed by atoms with Crippen LogP contribution in [-0.4, -0.2) is 13.0 Å². The predicted molar refractivity (Wildman–Crippen MR) is 37.0 cm³/mol. The van der Waals surface area contributed by atoms with Gasteiger partial charge in [0.2, 0.25) is 0 Å². The van der Waals surface area contributed by atoms with Gasteiger partial charge in [-0.05, 0) is 0 Å². The Morgan fingerprint density at radius 1 is 1.22 bits per heavy atom. The molecule has 0 unspecified atom stereocenters. The maximum absolute atomic E-state index is 8.97. The van der Waals surface area contributed by atoms with E-state index in [2.05, 4.69) is 18.3 Å². The van der Waals surface area contributed by atoms with Gasteiger partial charge in [0.05, 0.1) is 0 Å². The summed E-state index contributed by atoms with van der Waals surface area (Å²) in [5, 5.41) is 3.88. The van der Waals surface area contributed by atoms with E-state index in [4.69, 9.17) is 13.0 Å². The van der Waals surface area contributed by atoms with Crippen molar-refractivity contribution in [3.8, 4) is 0 Å². The highest BCUT2D eigenvalue weighted by Crippen LogP contribution is 1.50. The van der Waals surface area contributed by atoms with Crippen molar-refractivity contribution in [2.75, 3.05) is 0 Å². The van der Waals surface area contributed by atoms with E-state index in [0.29, 0.717) is 0 Å². The molecule has 0 amide bonds. The first-order chi connectivity index (χ1) is 3.00. The summed E-state index contributed by atoms with van der Waals surface area (Å²) in [6.45, 7) is 6.00. The Bertz CT molecular complexity index is 111. The van der Waals surface area contributed by atoms with Gasteiger partial charge in [-0.2, -0.15) is 8.42 Å². The summed E-state index contributed by atoms with van der Waals surface area (Å²) in [6, 6.07) is 0. The minimum Gasteiger partial charge on any atom is -0.344 e. The SMILES string of the molecule is C=C.N.N.NS(=O)(=O)O. The lowest BCUT2D eigenvalue weighted by atomic mass is 11.3. The van der Waals surface area contributed by atoms with Gasteiger partial charge in [-0.1, -0.05) is 0 Å². The van der Waals surface area contributed by atoms with Gasteiger partial charge in [0.25, 0.3) is 0 Å². The van der Waals surface area contributed by atoms with E-state index in [1.54, 1.807) is 0 Å². The fraction of sp³-hybridized carbons (Fsp3) is 0. The van der Waals surface area contributed by atoms with Gasteiger partial charge < -0.3 is 12.3 Å². The van der Waals surface area contributed by atoms with E-state index >= 15 is 0 Å². The first-order valence-electron chi connectivity index (χ1n) is 1.25. The van der Waals surface area contributed by atoms with Crippen molar-refractivity contribution in [1.29, 1.82) is 0 Å². The van der Waals surface area contributed by atoms with Crippen LogP contribution < -0.4 is 17.4 Å². The van der Waals surface area contributed by atoms with E-state index in [0.717, 1.165) is 0 Å². The Morgan fingerprint density at radius 2 is 1.22 bits per heavy atom. The van der Waals surface area contributed by atoms with Crippen LogP contribution in [0.25, 0.3) is 0 Å². The summed E-state index contributed by atoms with van der Waals surface area (Å²) in [6.07, 6.45) is 0. The molecule has 0 rings (SSSR count). The highest BCUT2D eigenvalue weighted by atomic mass is 32.2. The molecule has 0 heterocycles. The lowest BCUT2D eigenvalue weighted by molar-refractivity contribution is 0.485. The lowest BCUT2D eigenvalue weighted by Gasteiger charge is -1.70. The first-order valence-corrected chi connectivity index (χ1v) is 2.75. The Morgan fingerprint density at radius 3 is 1.22 bits per heavy atom. The topological polar surface area (TPSA) is 150 Å². The zero-order valence-corrected chi connectivity index (χ0v) is 5.89. The highest BCUT2D eigenvalue weighted by Gasteiger charge is 1.81. The molecule has 0 fully saturated rings. The average molecular weight is 159 g/mol. The van der Waals surface area contributed by atoms with E-state index < -0.39 is 10.3 Å². The molecule has 0 bridgehead atoms. The number of hydrogen-bond acceptors (Lipinski definition) is 4.